The molecule has 0 bridgehead atoms. The normalized spacial score (nSPS) is 20.6. The van der Waals surface area contributed by atoms with E-state index in [1.54, 1.807) is 7.11 Å². The smallest absolute Gasteiger partial charge is 0.181 e. The van der Waals surface area contributed by atoms with E-state index in [9.17, 15) is 0 Å². The molecule has 1 atom stereocenters. The van der Waals surface area contributed by atoms with Crippen LogP contribution in [0.1, 0.15) is 17.6 Å². The number of hydrogen-bond acceptors (Lipinski definition) is 6. The monoisotopic (exact) mass is 242 g/mol. The van der Waals surface area contributed by atoms with E-state index in [1.165, 1.54) is 6.39 Å². The highest BCUT2D eigenvalue weighted by Gasteiger charge is 2.23. The molecule has 1 aliphatic heterocycles. The van der Waals surface area contributed by atoms with Crippen molar-refractivity contribution >= 4 is 0 Å². The van der Waals surface area contributed by atoms with Gasteiger partial charge in [0.1, 0.15) is 6.10 Å². The number of rotatable bonds is 6. The van der Waals surface area contributed by atoms with Crippen LogP contribution in [-0.4, -0.2) is 45.1 Å². The topological polar surface area (TPSA) is 65.8 Å². The highest BCUT2D eigenvalue weighted by Crippen LogP contribution is 2.23. The van der Waals surface area contributed by atoms with Crippen LogP contribution in [-0.2, 0) is 20.8 Å². The van der Waals surface area contributed by atoms with E-state index in [0.717, 1.165) is 18.0 Å². The Bertz CT molecular complexity index is 323. The minimum absolute atomic E-state index is 0.134. The maximum absolute atomic E-state index is 5.58. The van der Waals surface area contributed by atoms with Gasteiger partial charge >= 0.3 is 0 Å². The summed E-state index contributed by atoms with van der Waals surface area (Å²) in [5.74, 6) is 0.759. The molecule has 1 fully saturated rings. The van der Waals surface area contributed by atoms with Gasteiger partial charge in [-0.3, -0.25) is 0 Å². The standard InChI is InChI=1S/C11H18N2O4/c1-14-3-2-12-6-9-11(17-8-13-9)10-7-15-4-5-16-10/h8,10,12H,2-7H2,1H3. The van der Waals surface area contributed by atoms with Crippen LogP contribution in [0.3, 0.4) is 0 Å². The molecule has 1 unspecified atom stereocenters. The Kier molecular flexibility index (Phi) is 4.93. The van der Waals surface area contributed by atoms with Crippen LogP contribution < -0.4 is 5.32 Å². The number of nitrogens with zero attached hydrogens (tertiary/aromatic N) is 1. The van der Waals surface area contributed by atoms with Crippen LogP contribution >= 0.6 is 0 Å². The molecule has 0 spiro atoms. The first-order chi connectivity index (χ1) is 8.42. The van der Waals surface area contributed by atoms with Crippen molar-refractivity contribution in [3.8, 4) is 0 Å². The Morgan fingerprint density at radius 3 is 3.24 bits per heavy atom. The van der Waals surface area contributed by atoms with Gasteiger partial charge in [0.15, 0.2) is 12.2 Å². The molecule has 0 radical (unpaired) electrons. The third kappa shape index (κ3) is 3.50. The summed E-state index contributed by atoms with van der Waals surface area (Å²) in [6.45, 7) is 3.88. The van der Waals surface area contributed by atoms with Gasteiger partial charge in [-0.1, -0.05) is 0 Å². The Labute approximate surface area is 100 Å². The van der Waals surface area contributed by atoms with E-state index in [-0.39, 0.29) is 6.10 Å². The molecule has 6 nitrogen and oxygen atoms in total. The van der Waals surface area contributed by atoms with Gasteiger partial charge in [-0.15, -0.1) is 0 Å². The van der Waals surface area contributed by atoms with Crippen molar-refractivity contribution in [2.24, 2.45) is 0 Å². The summed E-state index contributed by atoms with van der Waals surface area (Å²) < 4.78 is 21.3. The summed E-state index contributed by atoms with van der Waals surface area (Å²) in [5.41, 5.74) is 0.872. The number of oxazole rings is 1. The van der Waals surface area contributed by atoms with Crippen LogP contribution in [0.5, 0.6) is 0 Å². The van der Waals surface area contributed by atoms with Gasteiger partial charge in [0.25, 0.3) is 0 Å². The van der Waals surface area contributed by atoms with Crippen LogP contribution in [0.15, 0.2) is 10.8 Å². The van der Waals surface area contributed by atoms with Crippen LogP contribution in [0.2, 0.25) is 0 Å². The number of hydrogen-bond donors (Lipinski definition) is 1. The van der Waals surface area contributed by atoms with Crippen molar-refractivity contribution in [1.82, 2.24) is 10.3 Å². The molecule has 1 N–H and O–H groups in total. The van der Waals surface area contributed by atoms with Crippen LogP contribution in [0, 0.1) is 0 Å². The average Bonchev–Trinajstić information content (AvgIpc) is 2.84. The fraction of sp³-hybridized carbons (Fsp3) is 0.727. The first kappa shape index (κ1) is 12.5. The van der Waals surface area contributed by atoms with Crippen molar-refractivity contribution in [2.45, 2.75) is 12.6 Å². The molecule has 0 aromatic carbocycles. The molecule has 0 aliphatic carbocycles. The Morgan fingerprint density at radius 1 is 1.53 bits per heavy atom. The van der Waals surface area contributed by atoms with Gasteiger partial charge in [0.2, 0.25) is 0 Å². The van der Waals surface area contributed by atoms with Crippen molar-refractivity contribution in [1.29, 1.82) is 0 Å². The van der Waals surface area contributed by atoms with Gasteiger partial charge in [-0.25, -0.2) is 4.98 Å². The highest BCUT2D eigenvalue weighted by molar-refractivity contribution is 5.10. The fourth-order valence-corrected chi connectivity index (χ4v) is 1.69. The minimum atomic E-state index is -0.134. The average molecular weight is 242 g/mol. The zero-order valence-corrected chi connectivity index (χ0v) is 9.98. The van der Waals surface area contributed by atoms with Crippen LogP contribution in [0.4, 0.5) is 0 Å². The molecule has 1 saturated heterocycles. The van der Waals surface area contributed by atoms with E-state index < -0.39 is 0 Å². The third-order valence-corrected chi connectivity index (χ3v) is 2.56. The molecule has 0 amide bonds. The molecule has 0 saturated carbocycles. The third-order valence-electron chi connectivity index (χ3n) is 2.56. The number of ether oxygens (including phenoxy) is 3. The SMILES string of the molecule is COCCNCc1ncoc1C1COCCO1. The summed E-state index contributed by atoms with van der Waals surface area (Å²) in [4.78, 5) is 4.18. The minimum Gasteiger partial charge on any atom is -0.445 e. The summed E-state index contributed by atoms with van der Waals surface area (Å²) in [6.07, 6.45) is 1.31. The predicted octanol–water partition coefficient (Wildman–Crippen LogP) is 0.498. The molecule has 2 rings (SSSR count). The van der Waals surface area contributed by atoms with Crippen molar-refractivity contribution in [3.05, 3.63) is 17.8 Å². The second-order valence-electron chi connectivity index (χ2n) is 3.77. The van der Waals surface area contributed by atoms with Crippen molar-refractivity contribution in [2.75, 3.05) is 40.1 Å². The summed E-state index contributed by atoms with van der Waals surface area (Å²) in [6, 6.07) is 0. The van der Waals surface area contributed by atoms with Gasteiger partial charge in [0.05, 0.1) is 32.1 Å². The maximum atomic E-state index is 5.58. The summed E-state index contributed by atoms with van der Waals surface area (Å²) in [5, 5.41) is 3.22. The lowest BCUT2D eigenvalue weighted by molar-refractivity contribution is -0.0980. The summed E-state index contributed by atoms with van der Waals surface area (Å²) in [7, 11) is 1.68. The second kappa shape index (κ2) is 6.70. The molecule has 1 aromatic heterocycles. The molecule has 17 heavy (non-hydrogen) atoms. The van der Waals surface area contributed by atoms with E-state index >= 15 is 0 Å². The van der Waals surface area contributed by atoms with Gasteiger partial charge < -0.3 is 23.9 Å². The zero-order valence-electron chi connectivity index (χ0n) is 9.98. The lowest BCUT2D eigenvalue weighted by atomic mass is 10.2. The number of aromatic nitrogens is 1. The maximum Gasteiger partial charge on any atom is 0.181 e. The van der Waals surface area contributed by atoms with E-state index in [1.807, 2.05) is 0 Å². The molecule has 1 aromatic rings. The Balaban J connectivity index is 1.87. The van der Waals surface area contributed by atoms with Gasteiger partial charge in [0, 0.05) is 20.2 Å². The van der Waals surface area contributed by atoms with Crippen molar-refractivity contribution in [3.63, 3.8) is 0 Å². The van der Waals surface area contributed by atoms with Crippen LogP contribution in [0.25, 0.3) is 0 Å². The number of nitrogens with one attached hydrogen (secondary N) is 1. The molecule has 1 aliphatic rings. The number of methoxy groups -OCH3 is 1. The Hall–Kier alpha value is -0.950. The van der Waals surface area contributed by atoms with Gasteiger partial charge in [-0.05, 0) is 0 Å². The zero-order chi connectivity index (χ0) is 11.9. The fourth-order valence-electron chi connectivity index (χ4n) is 1.69. The van der Waals surface area contributed by atoms with E-state index in [4.69, 9.17) is 18.6 Å². The van der Waals surface area contributed by atoms with E-state index in [2.05, 4.69) is 10.3 Å². The second-order valence-corrected chi connectivity index (χ2v) is 3.77. The molecule has 2 heterocycles. The van der Waals surface area contributed by atoms with Gasteiger partial charge in [-0.2, -0.15) is 0 Å². The Morgan fingerprint density at radius 2 is 2.47 bits per heavy atom. The first-order valence-corrected chi connectivity index (χ1v) is 5.73. The predicted molar refractivity (Wildman–Crippen MR) is 59.6 cm³/mol. The lowest BCUT2D eigenvalue weighted by Gasteiger charge is -2.21. The quantitative estimate of drug-likeness (QED) is 0.733. The molecule has 96 valence electrons. The largest absolute Gasteiger partial charge is 0.445 e. The molecular weight excluding hydrogens is 224 g/mol. The highest BCUT2D eigenvalue weighted by atomic mass is 16.6. The molecular formula is C11H18N2O4. The first-order valence-electron chi connectivity index (χ1n) is 5.73. The molecule has 6 heteroatoms. The van der Waals surface area contributed by atoms with E-state index in [0.29, 0.717) is 33.0 Å². The van der Waals surface area contributed by atoms with Crippen molar-refractivity contribution < 1.29 is 18.6 Å². The summed E-state index contributed by atoms with van der Waals surface area (Å²) >= 11 is 0. The lowest BCUT2D eigenvalue weighted by Crippen LogP contribution is -2.24.